The van der Waals surface area contributed by atoms with Gasteiger partial charge < -0.3 is 10.2 Å². The summed E-state index contributed by atoms with van der Waals surface area (Å²) >= 11 is 0. The molecule has 0 unspecified atom stereocenters. The molecule has 3 heterocycles. The molecule has 0 atom stereocenters. The SMILES string of the molecule is C=C1Nc2ccc(C#N)cc2C12CCN(CCCc1cnc(C(C)C)c(C(F)(F)F)c1)CC2. The van der Waals surface area contributed by atoms with Crippen molar-refractivity contribution in [2.24, 2.45) is 0 Å². The van der Waals surface area contributed by atoms with Crippen LogP contribution in [0.3, 0.4) is 0 Å². The monoisotopic (exact) mass is 454 g/mol. The maximum atomic E-state index is 13.5. The van der Waals surface area contributed by atoms with Crippen molar-refractivity contribution >= 4 is 5.69 Å². The highest BCUT2D eigenvalue weighted by molar-refractivity contribution is 5.69. The van der Waals surface area contributed by atoms with E-state index in [4.69, 9.17) is 0 Å². The van der Waals surface area contributed by atoms with Gasteiger partial charge in [0.2, 0.25) is 0 Å². The van der Waals surface area contributed by atoms with Crippen molar-refractivity contribution in [1.82, 2.24) is 9.88 Å². The molecule has 1 aromatic carbocycles. The Labute approximate surface area is 193 Å². The largest absolute Gasteiger partial charge is 0.418 e. The number of fused-ring (bicyclic) bond motifs is 2. The molecule has 1 saturated heterocycles. The first-order valence-electron chi connectivity index (χ1n) is 11.4. The fourth-order valence-electron chi connectivity index (χ4n) is 5.14. The Hall–Kier alpha value is -2.85. The highest BCUT2D eigenvalue weighted by Crippen LogP contribution is 2.49. The second kappa shape index (κ2) is 8.83. The molecule has 0 bridgehead atoms. The van der Waals surface area contributed by atoms with Gasteiger partial charge in [0.25, 0.3) is 0 Å². The number of anilines is 1. The number of nitrogens with zero attached hydrogens (tertiary/aromatic N) is 3. The maximum absolute atomic E-state index is 13.5. The number of nitrogens with one attached hydrogen (secondary N) is 1. The van der Waals surface area contributed by atoms with E-state index in [1.54, 1.807) is 20.0 Å². The van der Waals surface area contributed by atoms with E-state index in [0.29, 0.717) is 17.5 Å². The van der Waals surface area contributed by atoms with Gasteiger partial charge in [-0.1, -0.05) is 20.4 Å². The van der Waals surface area contributed by atoms with E-state index in [2.05, 4.69) is 27.8 Å². The second-order valence-corrected chi connectivity index (χ2v) is 9.43. The van der Waals surface area contributed by atoms with E-state index < -0.39 is 11.7 Å². The van der Waals surface area contributed by atoms with Gasteiger partial charge in [-0.25, -0.2) is 0 Å². The number of aryl methyl sites for hydroxylation is 1. The van der Waals surface area contributed by atoms with Crippen LogP contribution in [0.1, 0.15) is 67.0 Å². The van der Waals surface area contributed by atoms with Crippen LogP contribution in [0.4, 0.5) is 18.9 Å². The van der Waals surface area contributed by atoms with Gasteiger partial charge in [0.05, 0.1) is 22.9 Å². The molecule has 4 nitrogen and oxygen atoms in total. The van der Waals surface area contributed by atoms with E-state index in [-0.39, 0.29) is 17.0 Å². The lowest BCUT2D eigenvalue weighted by molar-refractivity contribution is -0.138. The number of benzene rings is 1. The summed E-state index contributed by atoms with van der Waals surface area (Å²) in [5.41, 5.74) is 3.80. The van der Waals surface area contributed by atoms with Crippen LogP contribution in [0.5, 0.6) is 0 Å². The zero-order chi connectivity index (χ0) is 23.8. The second-order valence-electron chi connectivity index (χ2n) is 9.43. The van der Waals surface area contributed by atoms with Crippen LogP contribution in [-0.4, -0.2) is 29.5 Å². The van der Waals surface area contributed by atoms with Crippen LogP contribution in [-0.2, 0) is 18.0 Å². The number of nitriles is 1. The van der Waals surface area contributed by atoms with Crippen LogP contribution in [0.2, 0.25) is 0 Å². The molecule has 1 fully saturated rings. The minimum atomic E-state index is -4.39. The molecule has 2 aromatic rings. The Morgan fingerprint density at radius 1 is 1.24 bits per heavy atom. The predicted octanol–water partition coefficient (Wildman–Crippen LogP) is 6.00. The Bertz CT molecular complexity index is 1090. The standard InChI is InChI=1S/C26H29F3N4/c1-17(2)24-22(26(27,28)29)14-20(16-31-24)5-4-10-33-11-8-25(9-12-33)18(3)32-23-7-6-19(15-30)13-21(23)25/h6-7,13-14,16-17,32H,3-5,8-12H2,1-2H3. The van der Waals surface area contributed by atoms with Gasteiger partial charge in [-0.2, -0.15) is 18.4 Å². The third kappa shape index (κ3) is 4.49. The third-order valence-corrected chi connectivity index (χ3v) is 7.00. The molecule has 0 radical (unpaired) electrons. The molecular weight excluding hydrogens is 425 g/mol. The topological polar surface area (TPSA) is 52.0 Å². The van der Waals surface area contributed by atoms with Gasteiger partial charge >= 0.3 is 6.18 Å². The van der Waals surface area contributed by atoms with Crippen LogP contribution in [0.25, 0.3) is 0 Å². The Morgan fingerprint density at radius 2 is 1.97 bits per heavy atom. The quantitative estimate of drug-likeness (QED) is 0.602. The summed E-state index contributed by atoms with van der Waals surface area (Å²) in [4.78, 5) is 6.50. The molecule has 1 spiro atoms. The molecule has 1 aromatic heterocycles. The lowest BCUT2D eigenvalue weighted by Gasteiger charge is -2.40. The first-order valence-corrected chi connectivity index (χ1v) is 11.4. The third-order valence-electron chi connectivity index (χ3n) is 7.00. The summed E-state index contributed by atoms with van der Waals surface area (Å²) in [5, 5.41) is 12.7. The molecule has 0 saturated carbocycles. The number of likely N-dealkylation sites (tertiary alicyclic amines) is 1. The van der Waals surface area contributed by atoms with Gasteiger partial charge in [-0.15, -0.1) is 0 Å². The van der Waals surface area contributed by atoms with Crippen molar-refractivity contribution in [3.05, 3.63) is 70.7 Å². The number of piperidine rings is 1. The van der Waals surface area contributed by atoms with Crippen molar-refractivity contribution in [2.75, 3.05) is 25.0 Å². The van der Waals surface area contributed by atoms with Crippen LogP contribution >= 0.6 is 0 Å². The highest BCUT2D eigenvalue weighted by atomic mass is 19.4. The van der Waals surface area contributed by atoms with E-state index >= 15 is 0 Å². The van der Waals surface area contributed by atoms with Crippen LogP contribution < -0.4 is 5.32 Å². The number of halogens is 3. The fraction of sp³-hybridized carbons (Fsp3) is 0.462. The smallest absolute Gasteiger partial charge is 0.358 e. The van der Waals surface area contributed by atoms with Crippen molar-refractivity contribution < 1.29 is 13.2 Å². The Kier molecular flexibility index (Phi) is 6.24. The molecule has 4 rings (SSSR count). The molecule has 0 aliphatic carbocycles. The Morgan fingerprint density at radius 3 is 2.61 bits per heavy atom. The molecule has 7 heteroatoms. The number of allylic oxidation sites excluding steroid dienone is 1. The van der Waals surface area contributed by atoms with E-state index in [1.807, 2.05) is 18.2 Å². The first kappa shape index (κ1) is 23.3. The summed E-state index contributed by atoms with van der Waals surface area (Å²) in [7, 11) is 0. The average Bonchev–Trinajstić information content (AvgIpc) is 3.04. The number of hydrogen-bond donors (Lipinski definition) is 1. The van der Waals surface area contributed by atoms with Gasteiger partial charge in [0.15, 0.2) is 0 Å². The van der Waals surface area contributed by atoms with Crippen molar-refractivity contribution in [2.45, 2.75) is 57.0 Å². The lowest BCUT2D eigenvalue weighted by atomic mass is 9.72. The number of aromatic nitrogens is 1. The zero-order valence-electron chi connectivity index (χ0n) is 19.1. The van der Waals surface area contributed by atoms with Gasteiger partial charge in [0.1, 0.15) is 0 Å². The first-order chi connectivity index (χ1) is 15.6. The lowest BCUT2D eigenvalue weighted by Crippen LogP contribution is -2.43. The van der Waals surface area contributed by atoms with E-state index in [0.717, 1.165) is 55.8 Å². The number of alkyl halides is 3. The predicted molar refractivity (Wildman–Crippen MR) is 123 cm³/mol. The van der Waals surface area contributed by atoms with Gasteiger partial charge in [0, 0.05) is 23.0 Å². The molecule has 174 valence electrons. The molecule has 2 aliphatic rings. The van der Waals surface area contributed by atoms with Crippen molar-refractivity contribution in [3.8, 4) is 6.07 Å². The summed E-state index contributed by atoms with van der Waals surface area (Å²) in [5.74, 6) is -0.273. The number of pyridine rings is 1. The molecule has 33 heavy (non-hydrogen) atoms. The molecular formula is C26H29F3N4. The minimum Gasteiger partial charge on any atom is -0.358 e. The van der Waals surface area contributed by atoms with Crippen molar-refractivity contribution in [3.63, 3.8) is 0 Å². The van der Waals surface area contributed by atoms with E-state index in [1.165, 1.54) is 6.07 Å². The Balaban J connectivity index is 1.37. The maximum Gasteiger partial charge on any atom is 0.418 e. The van der Waals surface area contributed by atoms with Crippen molar-refractivity contribution in [1.29, 1.82) is 5.26 Å². The molecule has 2 aliphatic heterocycles. The van der Waals surface area contributed by atoms with Gasteiger partial charge in [-0.3, -0.25) is 4.98 Å². The molecule has 1 N–H and O–H groups in total. The number of hydrogen-bond acceptors (Lipinski definition) is 4. The van der Waals surface area contributed by atoms with Crippen LogP contribution in [0, 0.1) is 11.3 Å². The zero-order valence-corrected chi connectivity index (χ0v) is 19.1. The summed E-state index contributed by atoms with van der Waals surface area (Å²) in [6.07, 6.45) is 0.365. The summed E-state index contributed by atoms with van der Waals surface area (Å²) < 4.78 is 40.4. The normalized spacial score (nSPS) is 17.8. The number of rotatable bonds is 5. The fourth-order valence-corrected chi connectivity index (χ4v) is 5.14. The highest BCUT2D eigenvalue weighted by Gasteiger charge is 2.44. The summed E-state index contributed by atoms with van der Waals surface area (Å²) in [6.45, 7) is 10.3. The average molecular weight is 455 g/mol. The van der Waals surface area contributed by atoms with E-state index in [9.17, 15) is 18.4 Å². The minimum absolute atomic E-state index is 0.109. The summed E-state index contributed by atoms with van der Waals surface area (Å²) in [6, 6.07) is 9.24. The molecule has 0 amide bonds. The van der Waals surface area contributed by atoms with Crippen LogP contribution in [0.15, 0.2) is 42.7 Å². The van der Waals surface area contributed by atoms with Gasteiger partial charge in [-0.05, 0) is 86.6 Å².